The second-order valence-electron chi connectivity index (χ2n) is 5.18. The van der Waals surface area contributed by atoms with E-state index < -0.39 is 0 Å². The Morgan fingerprint density at radius 3 is 3.10 bits per heavy atom. The maximum atomic E-state index is 11.7. The summed E-state index contributed by atoms with van der Waals surface area (Å²) < 4.78 is 11.7. The highest BCUT2D eigenvalue weighted by Crippen LogP contribution is 2.32. The normalized spacial score (nSPS) is 14.4. The standard InChI is InChI=1S/C15H21BrN2O3/c1-10(9-20-2)18-14(19)8-17-7-12-6-13(16)5-11-3-4-21-15(11)12/h5-6,10,17H,3-4,7-9H2,1-2H3,(H,18,19). The van der Waals surface area contributed by atoms with Crippen molar-refractivity contribution in [2.45, 2.75) is 25.9 Å². The number of fused-ring (bicyclic) bond motifs is 1. The third-order valence-electron chi connectivity index (χ3n) is 3.25. The molecular formula is C15H21BrN2O3. The smallest absolute Gasteiger partial charge is 0.234 e. The number of hydrogen-bond donors (Lipinski definition) is 2. The van der Waals surface area contributed by atoms with Crippen molar-refractivity contribution in [2.24, 2.45) is 0 Å². The fourth-order valence-electron chi connectivity index (χ4n) is 2.41. The third kappa shape index (κ3) is 4.69. The zero-order valence-electron chi connectivity index (χ0n) is 12.4. The molecule has 0 spiro atoms. The van der Waals surface area contributed by atoms with Crippen LogP contribution in [0.3, 0.4) is 0 Å². The topological polar surface area (TPSA) is 59.6 Å². The maximum Gasteiger partial charge on any atom is 0.234 e. The van der Waals surface area contributed by atoms with Crippen molar-refractivity contribution in [1.29, 1.82) is 0 Å². The second kappa shape index (κ2) is 7.77. The minimum atomic E-state index is -0.0351. The van der Waals surface area contributed by atoms with E-state index in [2.05, 4.69) is 32.6 Å². The molecule has 0 aromatic heterocycles. The largest absolute Gasteiger partial charge is 0.493 e. The Morgan fingerprint density at radius 2 is 2.33 bits per heavy atom. The zero-order valence-corrected chi connectivity index (χ0v) is 14.0. The number of amides is 1. The number of carbonyl (C=O) groups is 1. The van der Waals surface area contributed by atoms with Crippen LogP contribution in [0, 0.1) is 0 Å². The summed E-state index contributed by atoms with van der Waals surface area (Å²) in [7, 11) is 1.62. The van der Waals surface area contributed by atoms with Gasteiger partial charge < -0.3 is 20.1 Å². The van der Waals surface area contributed by atoms with Crippen LogP contribution < -0.4 is 15.4 Å². The number of rotatable bonds is 7. The second-order valence-corrected chi connectivity index (χ2v) is 6.09. The molecule has 2 N–H and O–H groups in total. The maximum absolute atomic E-state index is 11.7. The van der Waals surface area contributed by atoms with Crippen LogP contribution in [0.25, 0.3) is 0 Å². The van der Waals surface area contributed by atoms with Gasteiger partial charge in [0.25, 0.3) is 0 Å². The van der Waals surface area contributed by atoms with Gasteiger partial charge >= 0.3 is 0 Å². The molecule has 1 amide bonds. The van der Waals surface area contributed by atoms with E-state index in [9.17, 15) is 4.79 Å². The van der Waals surface area contributed by atoms with E-state index in [1.54, 1.807) is 7.11 Å². The number of nitrogens with one attached hydrogen (secondary N) is 2. The van der Waals surface area contributed by atoms with Crippen molar-refractivity contribution in [3.8, 4) is 5.75 Å². The van der Waals surface area contributed by atoms with Crippen LogP contribution in [0.1, 0.15) is 18.1 Å². The molecule has 21 heavy (non-hydrogen) atoms. The summed E-state index contributed by atoms with van der Waals surface area (Å²) in [5, 5.41) is 6.02. The molecule has 1 heterocycles. The summed E-state index contributed by atoms with van der Waals surface area (Å²) >= 11 is 3.51. The minimum absolute atomic E-state index is 0.0164. The summed E-state index contributed by atoms with van der Waals surface area (Å²) in [6, 6.07) is 4.14. The minimum Gasteiger partial charge on any atom is -0.493 e. The molecule has 1 aliphatic heterocycles. The molecule has 1 aromatic rings. The summed E-state index contributed by atoms with van der Waals surface area (Å²) in [6.07, 6.45) is 0.941. The molecule has 0 fully saturated rings. The fraction of sp³-hybridized carbons (Fsp3) is 0.533. The van der Waals surface area contributed by atoms with Gasteiger partial charge in [0.2, 0.25) is 5.91 Å². The van der Waals surface area contributed by atoms with Gasteiger partial charge in [0.1, 0.15) is 5.75 Å². The first kappa shape index (κ1) is 16.3. The van der Waals surface area contributed by atoms with E-state index in [4.69, 9.17) is 9.47 Å². The van der Waals surface area contributed by atoms with Crippen molar-refractivity contribution in [3.63, 3.8) is 0 Å². The van der Waals surface area contributed by atoms with Crippen LogP contribution in [0.5, 0.6) is 5.75 Å². The number of methoxy groups -OCH3 is 1. The monoisotopic (exact) mass is 356 g/mol. The van der Waals surface area contributed by atoms with Crippen LogP contribution in [-0.2, 0) is 22.5 Å². The molecule has 0 aliphatic carbocycles. The molecule has 116 valence electrons. The predicted molar refractivity (Wildman–Crippen MR) is 84.5 cm³/mol. The molecule has 0 radical (unpaired) electrons. The first-order valence-corrected chi connectivity index (χ1v) is 7.82. The van der Waals surface area contributed by atoms with Crippen molar-refractivity contribution < 1.29 is 14.3 Å². The average Bonchev–Trinajstić information content (AvgIpc) is 2.86. The van der Waals surface area contributed by atoms with Gasteiger partial charge in [-0.3, -0.25) is 4.79 Å². The molecule has 6 heteroatoms. The molecule has 0 bridgehead atoms. The molecule has 5 nitrogen and oxygen atoms in total. The lowest BCUT2D eigenvalue weighted by atomic mass is 10.1. The molecule has 1 atom stereocenters. The SMILES string of the molecule is COCC(C)NC(=O)CNCc1cc(Br)cc2c1OCC2. The number of halogens is 1. The van der Waals surface area contributed by atoms with Crippen molar-refractivity contribution in [1.82, 2.24) is 10.6 Å². The van der Waals surface area contributed by atoms with Gasteiger partial charge in [0.15, 0.2) is 0 Å². The van der Waals surface area contributed by atoms with E-state index in [-0.39, 0.29) is 18.5 Å². The molecular weight excluding hydrogens is 336 g/mol. The lowest BCUT2D eigenvalue weighted by Crippen LogP contribution is -2.40. The Balaban J connectivity index is 1.83. The van der Waals surface area contributed by atoms with E-state index >= 15 is 0 Å². The molecule has 0 saturated carbocycles. The highest BCUT2D eigenvalue weighted by atomic mass is 79.9. The van der Waals surface area contributed by atoms with Crippen molar-refractivity contribution in [3.05, 3.63) is 27.7 Å². The van der Waals surface area contributed by atoms with E-state index in [0.717, 1.165) is 28.8 Å². The Bertz CT molecular complexity index is 508. The van der Waals surface area contributed by atoms with Crippen molar-refractivity contribution in [2.75, 3.05) is 26.9 Å². The van der Waals surface area contributed by atoms with Crippen LogP contribution in [-0.4, -0.2) is 38.8 Å². The molecule has 1 aromatic carbocycles. The highest BCUT2D eigenvalue weighted by Gasteiger charge is 2.17. The van der Waals surface area contributed by atoms with Gasteiger partial charge in [0.05, 0.1) is 19.8 Å². The van der Waals surface area contributed by atoms with Crippen molar-refractivity contribution >= 4 is 21.8 Å². The van der Waals surface area contributed by atoms with Crippen LogP contribution in [0.15, 0.2) is 16.6 Å². The van der Waals surface area contributed by atoms with E-state index in [0.29, 0.717) is 13.2 Å². The Kier molecular flexibility index (Phi) is 6.02. The summed E-state index contributed by atoms with van der Waals surface area (Å²) in [4.78, 5) is 11.7. The molecule has 1 aliphatic rings. The fourth-order valence-corrected chi connectivity index (χ4v) is 2.96. The van der Waals surface area contributed by atoms with Crippen LogP contribution >= 0.6 is 15.9 Å². The van der Waals surface area contributed by atoms with Crippen LogP contribution in [0.4, 0.5) is 0 Å². The van der Waals surface area contributed by atoms with E-state index in [1.165, 1.54) is 5.56 Å². The third-order valence-corrected chi connectivity index (χ3v) is 3.71. The average molecular weight is 357 g/mol. The summed E-state index contributed by atoms with van der Waals surface area (Å²) in [5.41, 5.74) is 2.30. The first-order valence-electron chi connectivity index (χ1n) is 7.03. The number of hydrogen-bond acceptors (Lipinski definition) is 4. The van der Waals surface area contributed by atoms with Gasteiger partial charge in [-0.05, 0) is 24.6 Å². The van der Waals surface area contributed by atoms with Gasteiger partial charge in [-0.1, -0.05) is 15.9 Å². The number of carbonyl (C=O) groups excluding carboxylic acids is 1. The quantitative estimate of drug-likeness (QED) is 0.779. The number of benzene rings is 1. The predicted octanol–water partition coefficient (Wildman–Crippen LogP) is 1.62. The van der Waals surface area contributed by atoms with Gasteiger partial charge in [0, 0.05) is 36.2 Å². The van der Waals surface area contributed by atoms with Gasteiger partial charge in [-0.2, -0.15) is 0 Å². The molecule has 1 unspecified atom stereocenters. The van der Waals surface area contributed by atoms with Gasteiger partial charge in [-0.15, -0.1) is 0 Å². The Hall–Kier alpha value is -1.11. The molecule has 0 saturated heterocycles. The first-order chi connectivity index (χ1) is 10.1. The van der Waals surface area contributed by atoms with Gasteiger partial charge in [-0.25, -0.2) is 0 Å². The van der Waals surface area contributed by atoms with E-state index in [1.807, 2.05) is 13.0 Å². The Labute approximate surface area is 133 Å². The highest BCUT2D eigenvalue weighted by molar-refractivity contribution is 9.10. The van der Waals surface area contributed by atoms with Crippen LogP contribution in [0.2, 0.25) is 0 Å². The zero-order chi connectivity index (χ0) is 15.2. The lowest BCUT2D eigenvalue weighted by molar-refractivity contribution is -0.121. The summed E-state index contributed by atoms with van der Waals surface area (Å²) in [5.74, 6) is 0.922. The number of ether oxygens (including phenoxy) is 2. The summed E-state index contributed by atoms with van der Waals surface area (Å²) in [6.45, 7) is 4.03. The Morgan fingerprint density at radius 1 is 1.52 bits per heavy atom. The lowest BCUT2D eigenvalue weighted by Gasteiger charge is -2.14. The molecule has 2 rings (SSSR count).